The second kappa shape index (κ2) is 11.7. The maximum atomic E-state index is 13.7. The SMILES string of the molecule is CC(C)(C)OC(=O)NC(CO)C(=O)N(C1CCC1)C(C(=O)NC1CCCCC1)c1ccccc1. The quantitative estimate of drug-likeness (QED) is 0.536. The highest BCUT2D eigenvalue weighted by atomic mass is 16.6. The van der Waals surface area contributed by atoms with Crippen LogP contribution in [0, 0.1) is 0 Å². The van der Waals surface area contributed by atoms with Crippen LogP contribution in [0.4, 0.5) is 4.79 Å². The highest BCUT2D eigenvalue weighted by Crippen LogP contribution is 2.34. The van der Waals surface area contributed by atoms with Crippen LogP contribution in [0.25, 0.3) is 0 Å². The van der Waals surface area contributed by atoms with Crippen molar-refractivity contribution in [2.75, 3.05) is 6.61 Å². The third-order valence-corrected chi connectivity index (χ3v) is 6.49. The molecule has 0 saturated heterocycles. The van der Waals surface area contributed by atoms with Crippen molar-refractivity contribution in [1.82, 2.24) is 15.5 Å². The molecular formula is C26H39N3O5. The van der Waals surface area contributed by atoms with E-state index in [1.165, 1.54) is 6.42 Å². The minimum absolute atomic E-state index is 0.0966. The van der Waals surface area contributed by atoms with E-state index in [-0.39, 0.29) is 18.0 Å². The van der Waals surface area contributed by atoms with E-state index in [1.807, 2.05) is 30.3 Å². The summed E-state index contributed by atoms with van der Waals surface area (Å²) in [5.41, 5.74) is -0.0298. The van der Waals surface area contributed by atoms with Crippen LogP contribution >= 0.6 is 0 Å². The van der Waals surface area contributed by atoms with Crippen molar-refractivity contribution in [3.63, 3.8) is 0 Å². The number of aliphatic hydroxyl groups is 1. The van der Waals surface area contributed by atoms with E-state index >= 15 is 0 Å². The summed E-state index contributed by atoms with van der Waals surface area (Å²) in [6.07, 6.45) is 6.94. The first-order valence-electron chi connectivity index (χ1n) is 12.5. The molecule has 1 aromatic rings. The van der Waals surface area contributed by atoms with Gasteiger partial charge in [-0.25, -0.2) is 4.79 Å². The highest BCUT2D eigenvalue weighted by Gasteiger charge is 2.42. The van der Waals surface area contributed by atoms with E-state index < -0.39 is 36.3 Å². The number of alkyl carbamates (subject to hydrolysis) is 1. The molecule has 0 bridgehead atoms. The normalized spacial score (nSPS) is 18.8. The van der Waals surface area contributed by atoms with Gasteiger partial charge in [0.05, 0.1) is 6.61 Å². The molecule has 1 aromatic carbocycles. The van der Waals surface area contributed by atoms with Crippen molar-refractivity contribution in [2.45, 2.75) is 102 Å². The van der Waals surface area contributed by atoms with Gasteiger partial charge in [0.15, 0.2) is 0 Å². The minimum Gasteiger partial charge on any atom is -0.444 e. The Kier molecular flexibility index (Phi) is 8.94. The van der Waals surface area contributed by atoms with Gasteiger partial charge in [-0.15, -0.1) is 0 Å². The molecule has 2 saturated carbocycles. The smallest absolute Gasteiger partial charge is 0.408 e. The van der Waals surface area contributed by atoms with Crippen LogP contribution in [0.15, 0.2) is 30.3 Å². The van der Waals surface area contributed by atoms with Gasteiger partial charge in [-0.2, -0.15) is 0 Å². The summed E-state index contributed by atoms with van der Waals surface area (Å²) in [5, 5.41) is 15.7. The number of hydrogen-bond donors (Lipinski definition) is 3. The van der Waals surface area contributed by atoms with Crippen molar-refractivity contribution in [1.29, 1.82) is 0 Å². The summed E-state index contributed by atoms with van der Waals surface area (Å²) in [4.78, 5) is 41.3. The van der Waals surface area contributed by atoms with Crippen LogP contribution in [0.5, 0.6) is 0 Å². The van der Waals surface area contributed by atoms with Crippen LogP contribution in [-0.4, -0.2) is 58.2 Å². The van der Waals surface area contributed by atoms with E-state index in [2.05, 4.69) is 10.6 Å². The largest absolute Gasteiger partial charge is 0.444 e. The van der Waals surface area contributed by atoms with Crippen LogP contribution in [-0.2, 0) is 14.3 Å². The third-order valence-electron chi connectivity index (χ3n) is 6.49. The number of ether oxygens (including phenoxy) is 1. The molecule has 2 aliphatic carbocycles. The molecule has 0 radical (unpaired) electrons. The Labute approximate surface area is 202 Å². The van der Waals surface area contributed by atoms with Gasteiger partial charge in [0.1, 0.15) is 17.7 Å². The molecule has 0 heterocycles. The first-order chi connectivity index (χ1) is 16.2. The third kappa shape index (κ3) is 6.95. The summed E-state index contributed by atoms with van der Waals surface area (Å²) in [5.74, 6) is -0.696. The lowest BCUT2D eigenvalue weighted by molar-refractivity contribution is -0.148. The summed E-state index contributed by atoms with van der Waals surface area (Å²) in [6.45, 7) is 4.59. The first kappa shape index (κ1) is 26.0. The average molecular weight is 474 g/mol. The monoisotopic (exact) mass is 473 g/mol. The zero-order valence-electron chi connectivity index (χ0n) is 20.6. The van der Waals surface area contributed by atoms with E-state index in [0.717, 1.165) is 44.9 Å². The second-order valence-electron chi connectivity index (χ2n) is 10.4. The Hall–Kier alpha value is -2.61. The Morgan fingerprint density at radius 3 is 2.21 bits per heavy atom. The Morgan fingerprint density at radius 2 is 1.68 bits per heavy atom. The van der Waals surface area contributed by atoms with E-state index in [0.29, 0.717) is 5.56 Å². The summed E-state index contributed by atoms with van der Waals surface area (Å²) >= 11 is 0. The Bertz CT molecular complexity index is 829. The lowest BCUT2D eigenvalue weighted by atomic mass is 9.87. The van der Waals surface area contributed by atoms with Gasteiger partial charge in [0, 0.05) is 12.1 Å². The van der Waals surface area contributed by atoms with Gasteiger partial charge >= 0.3 is 6.09 Å². The molecule has 8 heteroatoms. The van der Waals surface area contributed by atoms with Gasteiger partial charge in [0.2, 0.25) is 11.8 Å². The molecule has 0 aromatic heterocycles. The maximum absolute atomic E-state index is 13.7. The summed E-state index contributed by atoms with van der Waals surface area (Å²) in [6, 6.07) is 7.18. The zero-order valence-corrected chi connectivity index (χ0v) is 20.6. The summed E-state index contributed by atoms with van der Waals surface area (Å²) < 4.78 is 5.28. The number of aliphatic hydroxyl groups excluding tert-OH is 1. The number of carbonyl (C=O) groups excluding carboxylic acids is 3. The van der Waals surface area contributed by atoms with Gasteiger partial charge in [-0.05, 0) is 58.4 Å². The molecule has 3 rings (SSSR count). The van der Waals surface area contributed by atoms with Crippen LogP contribution in [0.1, 0.15) is 83.7 Å². The van der Waals surface area contributed by atoms with Crippen molar-refractivity contribution in [2.24, 2.45) is 0 Å². The van der Waals surface area contributed by atoms with E-state index in [1.54, 1.807) is 25.7 Å². The number of rotatable bonds is 8. The molecule has 188 valence electrons. The number of hydrogen-bond acceptors (Lipinski definition) is 5. The first-order valence-corrected chi connectivity index (χ1v) is 12.5. The fraction of sp³-hybridized carbons (Fsp3) is 0.654. The predicted molar refractivity (Wildman–Crippen MR) is 129 cm³/mol. The molecular weight excluding hydrogens is 434 g/mol. The highest BCUT2D eigenvalue weighted by molar-refractivity contribution is 5.92. The van der Waals surface area contributed by atoms with Crippen LogP contribution < -0.4 is 10.6 Å². The fourth-order valence-corrected chi connectivity index (χ4v) is 4.60. The minimum atomic E-state index is -1.20. The van der Waals surface area contributed by atoms with Gasteiger partial charge in [0.25, 0.3) is 0 Å². The molecule has 2 fully saturated rings. The standard InChI is InChI=1S/C26H39N3O5/c1-26(2,3)34-25(33)28-21(17-30)24(32)29(20-15-10-16-20)22(18-11-6-4-7-12-18)23(31)27-19-13-8-5-9-14-19/h4,6-7,11-12,19-22,30H,5,8-10,13-17H2,1-3H3,(H,27,31)(H,28,33). The topological polar surface area (TPSA) is 108 Å². The van der Waals surface area contributed by atoms with Crippen molar-refractivity contribution in [3.8, 4) is 0 Å². The predicted octanol–water partition coefficient (Wildman–Crippen LogP) is 3.44. The number of carbonyl (C=O) groups is 3. The molecule has 0 spiro atoms. The fourth-order valence-electron chi connectivity index (χ4n) is 4.60. The van der Waals surface area contributed by atoms with Crippen molar-refractivity contribution in [3.05, 3.63) is 35.9 Å². The van der Waals surface area contributed by atoms with Gasteiger partial charge in [-0.3, -0.25) is 9.59 Å². The van der Waals surface area contributed by atoms with Crippen LogP contribution in [0.2, 0.25) is 0 Å². The molecule has 8 nitrogen and oxygen atoms in total. The van der Waals surface area contributed by atoms with E-state index in [9.17, 15) is 19.5 Å². The van der Waals surface area contributed by atoms with Gasteiger partial charge < -0.3 is 25.4 Å². The number of nitrogens with zero attached hydrogens (tertiary/aromatic N) is 1. The molecule has 2 aliphatic rings. The van der Waals surface area contributed by atoms with E-state index in [4.69, 9.17) is 4.74 Å². The molecule has 34 heavy (non-hydrogen) atoms. The van der Waals surface area contributed by atoms with Crippen LogP contribution in [0.3, 0.4) is 0 Å². The number of amides is 3. The van der Waals surface area contributed by atoms with Gasteiger partial charge in [-0.1, -0.05) is 49.6 Å². The summed E-state index contributed by atoms with van der Waals surface area (Å²) in [7, 11) is 0. The lowest BCUT2D eigenvalue weighted by Gasteiger charge is -2.43. The second-order valence-corrected chi connectivity index (χ2v) is 10.4. The lowest BCUT2D eigenvalue weighted by Crippen LogP contribution is -2.59. The molecule has 2 unspecified atom stereocenters. The molecule has 3 N–H and O–H groups in total. The Morgan fingerprint density at radius 1 is 1.03 bits per heavy atom. The zero-order chi connectivity index (χ0) is 24.7. The van der Waals surface area contributed by atoms with Crippen molar-refractivity contribution < 1.29 is 24.2 Å². The average Bonchev–Trinajstić information content (AvgIpc) is 2.75. The van der Waals surface area contributed by atoms with Crippen molar-refractivity contribution >= 4 is 17.9 Å². The molecule has 2 atom stereocenters. The maximum Gasteiger partial charge on any atom is 0.408 e. The number of nitrogens with one attached hydrogen (secondary N) is 2. The number of benzene rings is 1. The molecule has 3 amide bonds. The Balaban J connectivity index is 1.87. The molecule has 0 aliphatic heterocycles.